The number of aromatic hydroxyl groups is 2. The van der Waals surface area contributed by atoms with E-state index in [0.717, 1.165) is 0 Å². The molecule has 0 unspecified atom stereocenters. The molecular weight excluding hydrogens is 186 g/mol. The van der Waals surface area contributed by atoms with E-state index in [1.165, 1.54) is 24.4 Å². The van der Waals surface area contributed by atoms with Crippen LogP contribution in [0, 0.1) is 0 Å². The number of carbonyl (C=O) groups is 1. The fraction of sp³-hybridized carbons (Fsp3) is 0. The van der Waals surface area contributed by atoms with Crippen LogP contribution in [0.2, 0.25) is 0 Å². The first-order chi connectivity index (χ1) is 6.59. The van der Waals surface area contributed by atoms with E-state index in [-0.39, 0.29) is 17.1 Å². The first kappa shape index (κ1) is 9.85. The maximum absolute atomic E-state index is 10.2. The smallest absolute Gasteiger partial charge is 0.332 e. The molecule has 6 nitrogen and oxygen atoms in total. The number of nitrogens with two attached hydrogens (primary N) is 1. The number of nitrogens with one attached hydrogen (secondary N) is 1. The van der Waals surface area contributed by atoms with Crippen molar-refractivity contribution in [2.45, 2.75) is 0 Å². The number of hydrogen-bond donors (Lipinski definition) is 4. The first-order valence-electron chi connectivity index (χ1n) is 3.70. The van der Waals surface area contributed by atoms with Crippen molar-refractivity contribution in [3.63, 3.8) is 0 Å². The highest BCUT2D eigenvalue weighted by atomic mass is 16.3. The lowest BCUT2D eigenvalue weighted by Crippen LogP contribution is -2.24. The predicted molar refractivity (Wildman–Crippen MR) is 50.1 cm³/mol. The van der Waals surface area contributed by atoms with Gasteiger partial charge in [-0.3, -0.25) is 0 Å². The summed E-state index contributed by atoms with van der Waals surface area (Å²) < 4.78 is 0. The lowest BCUT2D eigenvalue weighted by Gasteiger charge is -1.98. The summed E-state index contributed by atoms with van der Waals surface area (Å²) >= 11 is 0. The number of benzene rings is 1. The van der Waals surface area contributed by atoms with Gasteiger partial charge < -0.3 is 15.9 Å². The molecule has 0 saturated carbocycles. The van der Waals surface area contributed by atoms with Gasteiger partial charge in [-0.2, -0.15) is 5.10 Å². The Morgan fingerprint density at radius 2 is 2.21 bits per heavy atom. The minimum Gasteiger partial charge on any atom is -0.508 e. The van der Waals surface area contributed by atoms with Crippen molar-refractivity contribution in [1.82, 2.24) is 5.43 Å². The Hall–Kier alpha value is -2.24. The van der Waals surface area contributed by atoms with Crippen molar-refractivity contribution in [2.24, 2.45) is 10.8 Å². The average Bonchev–Trinajstić information content (AvgIpc) is 2.10. The average molecular weight is 195 g/mol. The molecule has 0 heterocycles. The van der Waals surface area contributed by atoms with Gasteiger partial charge in [0.15, 0.2) is 0 Å². The molecule has 0 aliphatic rings. The molecule has 5 N–H and O–H groups in total. The van der Waals surface area contributed by atoms with Crippen molar-refractivity contribution >= 4 is 12.2 Å². The van der Waals surface area contributed by atoms with Crippen LogP contribution in [0.1, 0.15) is 5.56 Å². The Labute approximate surface area is 79.7 Å². The zero-order valence-corrected chi connectivity index (χ0v) is 7.14. The summed E-state index contributed by atoms with van der Waals surface area (Å²) in [6.07, 6.45) is 1.17. The first-order valence-corrected chi connectivity index (χ1v) is 3.70. The lowest BCUT2D eigenvalue weighted by atomic mass is 10.2. The van der Waals surface area contributed by atoms with Gasteiger partial charge in [0.25, 0.3) is 0 Å². The van der Waals surface area contributed by atoms with E-state index in [1.807, 2.05) is 5.43 Å². The summed E-state index contributed by atoms with van der Waals surface area (Å²) in [6, 6.07) is 3.12. The molecule has 14 heavy (non-hydrogen) atoms. The van der Waals surface area contributed by atoms with Crippen LogP contribution in [0.5, 0.6) is 11.5 Å². The summed E-state index contributed by atoms with van der Waals surface area (Å²) in [5.41, 5.74) is 6.98. The zero-order valence-electron chi connectivity index (χ0n) is 7.14. The highest BCUT2D eigenvalue weighted by molar-refractivity contribution is 5.85. The Balaban J connectivity index is 2.80. The van der Waals surface area contributed by atoms with E-state index < -0.39 is 6.03 Å². The number of amides is 2. The van der Waals surface area contributed by atoms with Crippen molar-refractivity contribution in [3.05, 3.63) is 23.8 Å². The molecule has 1 aromatic carbocycles. The summed E-state index contributed by atoms with van der Waals surface area (Å²) in [5.74, 6) is -0.0684. The highest BCUT2D eigenvalue weighted by Gasteiger charge is 1.98. The molecule has 0 bridgehead atoms. The lowest BCUT2D eigenvalue weighted by molar-refractivity contribution is 0.249. The quantitative estimate of drug-likeness (QED) is 0.305. The number of nitrogens with zero attached hydrogens (tertiary/aromatic N) is 1. The molecule has 0 atom stereocenters. The Morgan fingerprint density at radius 3 is 2.86 bits per heavy atom. The standard InChI is InChI=1S/C8H9N3O3/c9-8(14)11-10-4-5-3-6(12)1-2-7(5)13/h1-4,12-13H,(H3,9,11,14)/b10-4+. The predicted octanol–water partition coefficient (Wildman–Crippen LogP) is 0.1000. The summed E-state index contributed by atoms with van der Waals surface area (Å²) in [4.78, 5) is 10.2. The van der Waals surface area contributed by atoms with Crippen molar-refractivity contribution in [1.29, 1.82) is 0 Å². The summed E-state index contributed by atoms with van der Waals surface area (Å²) in [7, 11) is 0. The van der Waals surface area contributed by atoms with Gasteiger partial charge in [0.1, 0.15) is 11.5 Å². The van der Waals surface area contributed by atoms with Gasteiger partial charge >= 0.3 is 6.03 Å². The third kappa shape index (κ3) is 2.67. The topological polar surface area (TPSA) is 108 Å². The molecule has 6 heteroatoms. The monoisotopic (exact) mass is 195 g/mol. The van der Waals surface area contributed by atoms with E-state index in [1.54, 1.807) is 0 Å². The number of primary amides is 1. The molecule has 0 spiro atoms. The van der Waals surface area contributed by atoms with Crippen LogP contribution in [0.15, 0.2) is 23.3 Å². The number of hydrazone groups is 1. The largest absolute Gasteiger partial charge is 0.508 e. The molecule has 0 saturated heterocycles. The summed E-state index contributed by atoms with van der Waals surface area (Å²) in [6.45, 7) is 0. The van der Waals surface area contributed by atoms with Crippen LogP contribution >= 0.6 is 0 Å². The second kappa shape index (κ2) is 4.13. The van der Waals surface area contributed by atoms with Gasteiger partial charge in [0.2, 0.25) is 0 Å². The number of urea groups is 1. The second-order valence-electron chi connectivity index (χ2n) is 2.48. The fourth-order valence-corrected chi connectivity index (χ4v) is 0.811. The maximum Gasteiger partial charge on any atom is 0.332 e. The van der Waals surface area contributed by atoms with Crippen LogP contribution < -0.4 is 11.2 Å². The molecule has 0 radical (unpaired) electrons. The SMILES string of the molecule is NC(=O)N/N=C/c1cc(O)ccc1O. The van der Waals surface area contributed by atoms with Gasteiger partial charge in [-0.25, -0.2) is 10.2 Å². The molecule has 1 aromatic rings. The molecule has 2 amide bonds. The molecule has 1 rings (SSSR count). The molecule has 74 valence electrons. The van der Waals surface area contributed by atoms with Crippen molar-refractivity contribution < 1.29 is 15.0 Å². The van der Waals surface area contributed by atoms with E-state index in [0.29, 0.717) is 0 Å². The molecule has 0 aliphatic carbocycles. The van der Waals surface area contributed by atoms with E-state index >= 15 is 0 Å². The minimum absolute atomic E-state index is 0.0108. The maximum atomic E-state index is 10.2. The third-order valence-corrected chi connectivity index (χ3v) is 1.39. The minimum atomic E-state index is -0.805. The number of phenols is 2. The number of phenolic OH excluding ortho intramolecular Hbond substituents is 2. The van der Waals surface area contributed by atoms with Gasteiger partial charge in [-0.15, -0.1) is 0 Å². The van der Waals surface area contributed by atoms with Gasteiger partial charge in [-0.1, -0.05) is 0 Å². The Kier molecular flexibility index (Phi) is 2.90. The van der Waals surface area contributed by atoms with E-state index in [2.05, 4.69) is 5.10 Å². The van der Waals surface area contributed by atoms with Crippen LogP contribution in [0.25, 0.3) is 0 Å². The zero-order chi connectivity index (χ0) is 10.6. The Bertz CT molecular complexity index is 376. The van der Waals surface area contributed by atoms with Crippen molar-refractivity contribution in [3.8, 4) is 11.5 Å². The van der Waals surface area contributed by atoms with E-state index in [4.69, 9.17) is 10.8 Å². The van der Waals surface area contributed by atoms with Crippen LogP contribution in [0.3, 0.4) is 0 Å². The molecular formula is C8H9N3O3. The van der Waals surface area contributed by atoms with Crippen LogP contribution in [-0.4, -0.2) is 22.5 Å². The van der Waals surface area contributed by atoms with Crippen molar-refractivity contribution in [2.75, 3.05) is 0 Å². The second-order valence-corrected chi connectivity index (χ2v) is 2.48. The molecule has 0 aromatic heterocycles. The van der Waals surface area contributed by atoms with Crippen LogP contribution in [0.4, 0.5) is 4.79 Å². The third-order valence-electron chi connectivity index (χ3n) is 1.39. The summed E-state index contributed by atoms with van der Waals surface area (Å²) in [5, 5.41) is 21.7. The number of hydrogen-bond acceptors (Lipinski definition) is 4. The normalized spacial score (nSPS) is 10.3. The van der Waals surface area contributed by atoms with Crippen LogP contribution in [-0.2, 0) is 0 Å². The molecule has 0 aliphatic heterocycles. The van der Waals surface area contributed by atoms with Gasteiger partial charge in [0, 0.05) is 5.56 Å². The number of rotatable bonds is 2. The van der Waals surface area contributed by atoms with E-state index in [9.17, 15) is 9.90 Å². The van der Waals surface area contributed by atoms with Gasteiger partial charge in [-0.05, 0) is 18.2 Å². The van der Waals surface area contributed by atoms with Gasteiger partial charge in [0.05, 0.1) is 6.21 Å². The Morgan fingerprint density at radius 1 is 1.50 bits per heavy atom. The fourth-order valence-electron chi connectivity index (χ4n) is 0.811. The number of carbonyl (C=O) groups excluding carboxylic acids is 1. The highest BCUT2D eigenvalue weighted by Crippen LogP contribution is 2.19. The molecule has 0 fully saturated rings.